The third-order valence-corrected chi connectivity index (χ3v) is 5.41. The first-order valence-electron chi connectivity index (χ1n) is 9.18. The molecule has 1 saturated carbocycles. The zero-order chi connectivity index (χ0) is 17.2. The summed E-state index contributed by atoms with van der Waals surface area (Å²) in [5, 5.41) is 7.64. The molecule has 6 heteroatoms. The van der Waals surface area contributed by atoms with Gasteiger partial charge in [0.05, 0.1) is 12.1 Å². The van der Waals surface area contributed by atoms with Gasteiger partial charge in [-0.1, -0.05) is 11.6 Å². The zero-order valence-corrected chi connectivity index (χ0v) is 14.7. The fourth-order valence-corrected chi connectivity index (χ4v) is 4.03. The van der Waals surface area contributed by atoms with Crippen LogP contribution >= 0.6 is 0 Å². The number of benzene rings is 1. The summed E-state index contributed by atoms with van der Waals surface area (Å²) in [5.41, 5.74) is 2.20. The van der Waals surface area contributed by atoms with Crippen LogP contribution < -0.4 is 10.6 Å². The number of fused-ring (bicyclic) bond motifs is 1. The molecule has 1 aliphatic heterocycles. The average molecular weight is 339 g/mol. The molecule has 2 fully saturated rings. The van der Waals surface area contributed by atoms with Crippen LogP contribution in [-0.4, -0.2) is 52.5 Å². The summed E-state index contributed by atoms with van der Waals surface area (Å²) in [6.07, 6.45) is 6.12. The number of rotatable bonds is 3. The van der Waals surface area contributed by atoms with Crippen LogP contribution in [0.1, 0.15) is 31.2 Å². The van der Waals surface area contributed by atoms with Crippen LogP contribution in [0.5, 0.6) is 0 Å². The third kappa shape index (κ3) is 3.58. The lowest BCUT2D eigenvalue weighted by Crippen LogP contribution is -2.52. The van der Waals surface area contributed by atoms with Crippen molar-refractivity contribution >= 4 is 22.6 Å². The number of anilines is 1. The van der Waals surface area contributed by atoms with Gasteiger partial charge in [-0.3, -0.25) is 9.69 Å². The molecule has 0 radical (unpaired) electrons. The molecule has 1 aliphatic carbocycles. The highest BCUT2D eigenvalue weighted by Gasteiger charge is 2.28. The van der Waals surface area contributed by atoms with E-state index in [1.165, 1.54) is 5.56 Å². The van der Waals surface area contributed by atoms with Crippen molar-refractivity contribution in [3.8, 4) is 0 Å². The van der Waals surface area contributed by atoms with Crippen LogP contribution in [0.2, 0.25) is 0 Å². The average Bonchev–Trinajstić information content (AvgIpc) is 2.63. The topological polar surface area (TPSA) is 70.2 Å². The van der Waals surface area contributed by atoms with Gasteiger partial charge < -0.3 is 10.6 Å². The first kappa shape index (κ1) is 16.3. The Labute approximate surface area is 148 Å². The number of carbonyl (C=O) groups is 1. The largest absolute Gasteiger partial charge is 0.367 e. The number of hydrogen-bond acceptors (Lipinski definition) is 5. The molecule has 0 unspecified atom stereocenters. The molecule has 0 atom stereocenters. The van der Waals surface area contributed by atoms with E-state index in [9.17, 15) is 4.79 Å². The van der Waals surface area contributed by atoms with Crippen molar-refractivity contribution in [2.24, 2.45) is 0 Å². The second-order valence-corrected chi connectivity index (χ2v) is 7.21. The molecule has 2 aromatic rings. The lowest BCUT2D eigenvalue weighted by Gasteiger charge is -2.38. The smallest absolute Gasteiger partial charge is 0.234 e. The number of aryl methyl sites for hydroxylation is 1. The Morgan fingerprint density at radius 2 is 2.04 bits per heavy atom. The summed E-state index contributed by atoms with van der Waals surface area (Å²) >= 11 is 0. The minimum atomic E-state index is 0.161. The standard InChI is InChI=1S/C19H25N5O/c1-13-2-7-17-16(10-13)19(22-12-21-17)23-14-3-5-15(6-4-14)24-9-8-20-18(25)11-24/h2,7,10,12,14-15H,3-6,8-9,11H2,1H3,(H,20,25)(H,21,22,23)/t14-,15-. The summed E-state index contributed by atoms with van der Waals surface area (Å²) in [6.45, 7) is 4.41. The van der Waals surface area contributed by atoms with Gasteiger partial charge in [0.1, 0.15) is 12.1 Å². The molecule has 2 N–H and O–H groups in total. The van der Waals surface area contributed by atoms with Crippen LogP contribution in [0.4, 0.5) is 5.82 Å². The van der Waals surface area contributed by atoms with Crippen molar-refractivity contribution in [2.45, 2.75) is 44.7 Å². The SMILES string of the molecule is Cc1ccc2ncnc(N[C@H]3CC[C@H](N4CCNC(=O)C4)CC3)c2c1. The van der Waals surface area contributed by atoms with Crippen molar-refractivity contribution < 1.29 is 4.79 Å². The third-order valence-electron chi connectivity index (χ3n) is 5.41. The number of carbonyl (C=O) groups excluding carboxylic acids is 1. The lowest BCUT2D eigenvalue weighted by atomic mass is 9.89. The molecule has 0 spiro atoms. The molecule has 2 aliphatic rings. The van der Waals surface area contributed by atoms with E-state index in [0.29, 0.717) is 18.6 Å². The summed E-state index contributed by atoms with van der Waals surface area (Å²) in [6, 6.07) is 7.26. The van der Waals surface area contributed by atoms with Crippen LogP contribution in [0, 0.1) is 6.92 Å². The normalized spacial score (nSPS) is 24.9. The molecule has 6 nitrogen and oxygen atoms in total. The lowest BCUT2D eigenvalue weighted by molar-refractivity contribution is -0.125. The molecule has 1 aromatic carbocycles. The number of hydrogen-bond donors (Lipinski definition) is 2. The van der Waals surface area contributed by atoms with Gasteiger partial charge in [-0.2, -0.15) is 0 Å². The van der Waals surface area contributed by atoms with E-state index in [1.807, 2.05) is 0 Å². The molecule has 1 amide bonds. The number of amides is 1. The van der Waals surface area contributed by atoms with Crippen LogP contribution in [0.3, 0.4) is 0 Å². The Morgan fingerprint density at radius 1 is 1.20 bits per heavy atom. The van der Waals surface area contributed by atoms with Crippen molar-refractivity contribution in [1.82, 2.24) is 20.2 Å². The van der Waals surface area contributed by atoms with Gasteiger partial charge in [0.15, 0.2) is 0 Å². The summed E-state index contributed by atoms with van der Waals surface area (Å²) in [4.78, 5) is 22.8. The van der Waals surface area contributed by atoms with Crippen LogP contribution in [0.25, 0.3) is 10.9 Å². The van der Waals surface area contributed by atoms with Gasteiger partial charge in [0.25, 0.3) is 0 Å². The molecule has 1 aromatic heterocycles. The molecule has 132 valence electrons. The van der Waals surface area contributed by atoms with Crippen LogP contribution in [-0.2, 0) is 4.79 Å². The maximum atomic E-state index is 11.6. The van der Waals surface area contributed by atoms with Crippen molar-refractivity contribution in [1.29, 1.82) is 0 Å². The maximum absolute atomic E-state index is 11.6. The quantitative estimate of drug-likeness (QED) is 0.896. The fourth-order valence-electron chi connectivity index (χ4n) is 4.03. The van der Waals surface area contributed by atoms with E-state index >= 15 is 0 Å². The first-order chi connectivity index (χ1) is 12.2. The van der Waals surface area contributed by atoms with Gasteiger partial charge in [-0.15, -0.1) is 0 Å². The van der Waals surface area contributed by atoms with E-state index in [-0.39, 0.29) is 5.91 Å². The predicted octanol–water partition coefficient (Wildman–Crippen LogP) is 2.09. The highest BCUT2D eigenvalue weighted by Crippen LogP contribution is 2.28. The maximum Gasteiger partial charge on any atom is 0.234 e. The van der Waals surface area contributed by atoms with Gasteiger partial charge >= 0.3 is 0 Å². The molecule has 2 heterocycles. The summed E-state index contributed by atoms with van der Waals surface area (Å²) in [7, 11) is 0. The van der Waals surface area contributed by atoms with E-state index in [4.69, 9.17) is 0 Å². The second kappa shape index (κ2) is 6.96. The highest BCUT2D eigenvalue weighted by molar-refractivity contribution is 5.89. The van der Waals surface area contributed by atoms with Gasteiger partial charge in [0.2, 0.25) is 5.91 Å². The molecule has 4 rings (SSSR count). The van der Waals surface area contributed by atoms with Crippen molar-refractivity contribution in [3.05, 3.63) is 30.1 Å². The second-order valence-electron chi connectivity index (χ2n) is 7.21. The Balaban J connectivity index is 1.40. The first-order valence-corrected chi connectivity index (χ1v) is 9.18. The van der Waals surface area contributed by atoms with Gasteiger partial charge in [-0.05, 0) is 44.7 Å². The minimum absolute atomic E-state index is 0.161. The highest BCUT2D eigenvalue weighted by atomic mass is 16.2. The predicted molar refractivity (Wildman–Crippen MR) is 98.5 cm³/mol. The number of aromatic nitrogens is 2. The van der Waals surface area contributed by atoms with E-state index < -0.39 is 0 Å². The molecular weight excluding hydrogens is 314 g/mol. The number of nitrogens with zero attached hydrogens (tertiary/aromatic N) is 3. The Kier molecular flexibility index (Phi) is 4.53. The molecule has 1 saturated heterocycles. The molecule has 25 heavy (non-hydrogen) atoms. The Hall–Kier alpha value is -2.21. The molecular formula is C19H25N5O. The summed E-state index contributed by atoms with van der Waals surface area (Å²) in [5.74, 6) is 1.10. The monoisotopic (exact) mass is 339 g/mol. The van der Waals surface area contributed by atoms with Gasteiger partial charge in [0, 0.05) is 30.6 Å². The molecule has 0 bridgehead atoms. The Morgan fingerprint density at radius 3 is 2.84 bits per heavy atom. The van der Waals surface area contributed by atoms with E-state index in [1.54, 1.807) is 6.33 Å². The minimum Gasteiger partial charge on any atom is -0.367 e. The number of piperazine rings is 1. The van der Waals surface area contributed by atoms with Crippen molar-refractivity contribution in [3.63, 3.8) is 0 Å². The summed E-state index contributed by atoms with van der Waals surface area (Å²) < 4.78 is 0. The fraction of sp³-hybridized carbons (Fsp3) is 0.526. The van der Waals surface area contributed by atoms with E-state index in [0.717, 1.165) is 55.5 Å². The van der Waals surface area contributed by atoms with Crippen LogP contribution in [0.15, 0.2) is 24.5 Å². The zero-order valence-electron chi connectivity index (χ0n) is 14.7. The van der Waals surface area contributed by atoms with E-state index in [2.05, 4.69) is 50.6 Å². The van der Waals surface area contributed by atoms with Crippen molar-refractivity contribution in [2.75, 3.05) is 25.0 Å². The number of nitrogens with one attached hydrogen (secondary N) is 2. The Bertz CT molecular complexity index is 769. The van der Waals surface area contributed by atoms with Gasteiger partial charge in [-0.25, -0.2) is 9.97 Å².